The van der Waals surface area contributed by atoms with E-state index in [1.54, 1.807) is 0 Å². The molecule has 0 aliphatic carbocycles. The smallest absolute Gasteiger partial charge is 0.0574 e. The van der Waals surface area contributed by atoms with E-state index in [1.165, 1.54) is 25.0 Å². The predicted molar refractivity (Wildman–Crippen MR) is 69.4 cm³/mol. The van der Waals surface area contributed by atoms with Crippen molar-refractivity contribution in [1.82, 2.24) is 0 Å². The summed E-state index contributed by atoms with van der Waals surface area (Å²) in [6, 6.07) is 7.97. The van der Waals surface area contributed by atoms with Crippen molar-refractivity contribution in [3.05, 3.63) is 24.3 Å². The van der Waals surface area contributed by atoms with Gasteiger partial charge in [0.15, 0.2) is 0 Å². The number of hydrogen-bond donors (Lipinski definition) is 2. The highest BCUT2D eigenvalue weighted by Gasteiger charge is 2.13. The van der Waals surface area contributed by atoms with Crippen LogP contribution < -0.4 is 11.1 Å². The van der Waals surface area contributed by atoms with Gasteiger partial charge in [-0.2, -0.15) is 11.8 Å². The molecule has 3 N–H and O–H groups in total. The highest BCUT2D eigenvalue weighted by molar-refractivity contribution is 7.99. The fraction of sp³-hybridized carbons (Fsp3) is 0.500. The van der Waals surface area contributed by atoms with E-state index in [1.807, 2.05) is 24.3 Å². The van der Waals surface area contributed by atoms with Crippen LogP contribution >= 0.6 is 11.8 Å². The SMILES string of the molecule is Nc1ccccc1NCC1CCCCS1. The van der Waals surface area contributed by atoms with Crippen molar-refractivity contribution in [3.8, 4) is 0 Å². The van der Waals surface area contributed by atoms with Gasteiger partial charge in [-0.05, 0) is 30.7 Å². The molecule has 1 saturated heterocycles. The second-order valence-electron chi connectivity index (χ2n) is 3.96. The van der Waals surface area contributed by atoms with Crippen LogP contribution in [-0.2, 0) is 0 Å². The van der Waals surface area contributed by atoms with Crippen LogP contribution in [0, 0.1) is 0 Å². The van der Waals surface area contributed by atoms with Crippen LogP contribution in [-0.4, -0.2) is 17.5 Å². The standard InChI is InChI=1S/C12H18N2S/c13-11-6-1-2-7-12(11)14-9-10-5-3-4-8-15-10/h1-2,6-7,10,14H,3-5,8-9,13H2. The molecular formula is C12H18N2S. The molecule has 0 amide bonds. The van der Waals surface area contributed by atoms with E-state index < -0.39 is 0 Å². The molecule has 1 aliphatic rings. The van der Waals surface area contributed by atoms with Crippen molar-refractivity contribution < 1.29 is 0 Å². The van der Waals surface area contributed by atoms with E-state index in [4.69, 9.17) is 5.73 Å². The Hall–Kier alpha value is -0.830. The fourth-order valence-corrected chi connectivity index (χ4v) is 3.09. The first-order chi connectivity index (χ1) is 7.36. The Morgan fingerprint density at radius 3 is 2.93 bits per heavy atom. The van der Waals surface area contributed by atoms with Crippen molar-refractivity contribution in [2.45, 2.75) is 24.5 Å². The second-order valence-corrected chi connectivity index (χ2v) is 5.36. The molecule has 0 bridgehead atoms. The number of nitrogens with two attached hydrogens (primary N) is 1. The monoisotopic (exact) mass is 222 g/mol. The van der Waals surface area contributed by atoms with Gasteiger partial charge in [-0.25, -0.2) is 0 Å². The minimum absolute atomic E-state index is 0.762. The van der Waals surface area contributed by atoms with Gasteiger partial charge in [0, 0.05) is 11.8 Å². The van der Waals surface area contributed by atoms with Gasteiger partial charge in [-0.1, -0.05) is 18.6 Å². The third kappa shape index (κ3) is 3.06. The number of anilines is 2. The average Bonchev–Trinajstić information content (AvgIpc) is 2.29. The lowest BCUT2D eigenvalue weighted by atomic mass is 10.2. The fourth-order valence-electron chi connectivity index (χ4n) is 1.85. The first kappa shape index (κ1) is 10.7. The van der Waals surface area contributed by atoms with E-state index in [2.05, 4.69) is 17.1 Å². The Morgan fingerprint density at radius 2 is 2.20 bits per heavy atom. The molecule has 0 aromatic heterocycles. The predicted octanol–water partition coefficient (Wildman–Crippen LogP) is 2.97. The summed E-state index contributed by atoms with van der Waals surface area (Å²) in [4.78, 5) is 0. The molecule has 0 radical (unpaired) electrons. The molecule has 82 valence electrons. The molecular weight excluding hydrogens is 204 g/mol. The van der Waals surface area contributed by atoms with Gasteiger partial charge >= 0.3 is 0 Å². The van der Waals surface area contributed by atoms with Crippen LogP contribution in [0.1, 0.15) is 19.3 Å². The first-order valence-electron chi connectivity index (χ1n) is 5.56. The molecule has 1 fully saturated rings. The lowest BCUT2D eigenvalue weighted by Gasteiger charge is -2.22. The van der Waals surface area contributed by atoms with Crippen LogP contribution in [0.25, 0.3) is 0 Å². The second kappa shape index (κ2) is 5.31. The van der Waals surface area contributed by atoms with Gasteiger partial charge in [-0.15, -0.1) is 0 Å². The topological polar surface area (TPSA) is 38.0 Å². The van der Waals surface area contributed by atoms with Crippen molar-refractivity contribution in [2.75, 3.05) is 23.3 Å². The Morgan fingerprint density at radius 1 is 1.33 bits per heavy atom. The van der Waals surface area contributed by atoms with Crippen LogP contribution in [0.4, 0.5) is 11.4 Å². The van der Waals surface area contributed by atoms with Crippen molar-refractivity contribution >= 4 is 23.1 Å². The molecule has 2 nitrogen and oxygen atoms in total. The number of benzene rings is 1. The van der Waals surface area contributed by atoms with E-state index in [-0.39, 0.29) is 0 Å². The highest BCUT2D eigenvalue weighted by atomic mass is 32.2. The van der Waals surface area contributed by atoms with Gasteiger partial charge in [-0.3, -0.25) is 0 Å². The maximum Gasteiger partial charge on any atom is 0.0574 e. The van der Waals surface area contributed by atoms with Gasteiger partial charge < -0.3 is 11.1 Å². The van der Waals surface area contributed by atoms with Crippen LogP contribution in [0.15, 0.2) is 24.3 Å². The lowest BCUT2D eigenvalue weighted by Crippen LogP contribution is -2.20. The molecule has 15 heavy (non-hydrogen) atoms. The van der Waals surface area contributed by atoms with E-state index in [0.717, 1.165) is 23.2 Å². The van der Waals surface area contributed by atoms with Crippen LogP contribution in [0.2, 0.25) is 0 Å². The molecule has 1 unspecified atom stereocenters. The Kier molecular flexibility index (Phi) is 3.78. The molecule has 1 atom stereocenters. The third-order valence-electron chi connectivity index (χ3n) is 2.75. The van der Waals surface area contributed by atoms with Crippen molar-refractivity contribution in [3.63, 3.8) is 0 Å². The van der Waals surface area contributed by atoms with Gasteiger partial charge in [0.1, 0.15) is 0 Å². The van der Waals surface area contributed by atoms with Gasteiger partial charge in [0.05, 0.1) is 11.4 Å². The average molecular weight is 222 g/mol. The van der Waals surface area contributed by atoms with Crippen molar-refractivity contribution in [2.24, 2.45) is 0 Å². The maximum atomic E-state index is 5.87. The zero-order chi connectivity index (χ0) is 10.5. The van der Waals surface area contributed by atoms with Crippen LogP contribution in [0.3, 0.4) is 0 Å². The summed E-state index contributed by atoms with van der Waals surface area (Å²) in [5.41, 5.74) is 7.79. The van der Waals surface area contributed by atoms with Crippen LogP contribution in [0.5, 0.6) is 0 Å². The summed E-state index contributed by atoms with van der Waals surface area (Å²) in [5.74, 6) is 1.32. The number of rotatable bonds is 3. The maximum absolute atomic E-state index is 5.87. The molecule has 3 heteroatoms. The number of nitrogen functional groups attached to an aromatic ring is 1. The Bertz CT molecular complexity index is 308. The quantitative estimate of drug-likeness (QED) is 0.772. The lowest BCUT2D eigenvalue weighted by molar-refractivity contribution is 0.677. The molecule has 1 aliphatic heterocycles. The highest BCUT2D eigenvalue weighted by Crippen LogP contribution is 2.26. The Balaban J connectivity index is 1.84. The van der Waals surface area contributed by atoms with E-state index in [0.29, 0.717) is 0 Å². The summed E-state index contributed by atoms with van der Waals surface area (Å²) < 4.78 is 0. The minimum Gasteiger partial charge on any atom is -0.397 e. The van der Waals surface area contributed by atoms with E-state index >= 15 is 0 Å². The minimum atomic E-state index is 0.762. The number of thioether (sulfide) groups is 1. The molecule has 0 spiro atoms. The molecule has 1 aromatic carbocycles. The zero-order valence-corrected chi connectivity index (χ0v) is 9.72. The molecule has 0 saturated carbocycles. The zero-order valence-electron chi connectivity index (χ0n) is 8.91. The summed E-state index contributed by atoms with van der Waals surface area (Å²) >= 11 is 2.08. The van der Waals surface area contributed by atoms with Gasteiger partial charge in [0.2, 0.25) is 0 Å². The summed E-state index contributed by atoms with van der Waals surface area (Å²) in [5, 5.41) is 4.20. The molecule has 2 rings (SSSR count). The normalized spacial score (nSPS) is 21.2. The summed E-state index contributed by atoms with van der Waals surface area (Å²) in [6.45, 7) is 1.04. The summed E-state index contributed by atoms with van der Waals surface area (Å²) in [7, 11) is 0. The Labute approximate surface area is 95.6 Å². The third-order valence-corrected chi connectivity index (χ3v) is 4.15. The molecule has 1 heterocycles. The number of para-hydroxylation sites is 2. The summed E-state index contributed by atoms with van der Waals surface area (Å²) in [6.07, 6.45) is 4.10. The van der Waals surface area contributed by atoms with Crippen molar-refractivity contribution in [1.29, 1.82) is 0 Å². The largest absolute Gasteiger partial charge is 0.397 e. The molecule has 1 aromatic rings. The first-order valence-corrected chi connectivity index (χ1v) is 6.61. The number of hydrogen-bond acceptors (Lipinski definition) is 3. The number of nitrogens with one attached hydrogen (secondary N) is 1. The van der Waals surface area contributed by atoms with Gasteiger partial charge in [0.25, 0.3) is 0 Å². The van der Waals surface area contributed by atoms with E-state index in [9.17, 15) is 0 Å².